The first-order chi connectivity index (χ1) is 11.3. The summed E-state index contributed by atoms with van der Waals surface area (Å²) in [4.78, 5) is 0. The van der Waals surface area contributed by atoms with E-state index < -0.39 is 0 Å². The first-order valence-corrected chi connectivity index (χ1v) is 8.40. The molecule has 0 spiro atoms. The van der Waals surface area contributed by atoms with Crippen molar-refractivity contribution in [2.75, 3.05) is 0 Å². The minimum absolute atomic E-state index is 0.188. The van der Waals surface area contributed by atoms with E-state index in [4.69, 9.17) is 4.74 Å². The van der Waals surface area contributed by atoms with Gasteiger partial charge >= 0.3 is 0 Å². The Morgan fingerprint density at radius 1 is 0.783 bits per heavy atom. The van der Waals surface area contributed by atoms with Crippen molar-refractivity contribution in [2.24, 2.45) is 0 Å². The molecule has 0 N–H and O–H groups in total. The molecule has 1 nitrogen and oxygen atoms in total. The van der Waals surface area contributed by atoms with Crippen molar-refractivity contribution < 1.29 is 4.74 Å². The summed E-state index contributed by atoms with van der Waals surface area (Å²) >= 11 is 3.58. The van der Waals surface area contributed by atoms with Crippen molar-refractivity contribution in [1.82, 2.24) is 0 Å². The maximum atomic E-state index is 6.15. The van der Waals surface area contributed by atoms with Crippen LogP contribution in [0.25, 0.3) is 5.76 Å². The highest BCUT2D eigenvalue weighted by atomic mass is 79.9. The van der Waals surface area contributed by atoms with Gasteiger partial charge in [-0.3, -0.25) is 0 Å². The zero-order valence-electron chi connectivity index (χ0n) is 12.4. The molecule has 0 fully saturated rings. The van der Waals surface area contributed by atoms with Crippen LogP contribution in [-0.2, 0) is 0 Å². The summed E-state index contributed by atoms with van der Waals surface area (Å²) in [6.07, 6.45) is 2.21. The molecule has 112 valence electrons. The van der Waals surface area contributed by atoms with Crippen LogP contribution in [-0.4, -0.2) is 0 Å². The molecular formula is C21H15BrO. The number of allylic oxidation sites excluding steroid dienone is 1. The fourth-order valence-corrected chi connectivity index (χ4v) is 3.37. The largest absolute Gasteiger partial charge is 0.457 e. The number of halogens is 1. The van der Waals surface area contributed by atoms with Gasteiger partial charge in [-0.05, 0) is 29.8 Å². The maximum Gasteiger partial charge on any atom is 0.131 e. The minimum Gasteiger partial charge on any atom is -0.457 e. The summed E-state index contributed by atoms with van der Waals surface area (Å²) in [6.45, 7) is 0. The topological polar surface area (TPSA) is 9.23 Å². The van der Waals surface area contributed by atoms with Gasteiger partial charge in [-0.1, -0.05) is 76.6 Å². The van der Waals surface area contributed by atoms with Crippen LogP contribution < -0.4 is 4.74 Å². The Morgan fingerprint density at radius 3 is 2.39 bits per heavy atom. The van der Waals surface area contributed by atoms with Crippen molar-refractivity contribution in [3.05, 3.63) is 106 Å². The predicted molar refractivity (Wildman–Crippen MR) is 97.5 cm³/mol. The van der Waals surface area contributed by atoms with Gasteiger partial charge in [0, 0.05) is 21.5 Å². The van der Waals surface area contributed by atoms with Gasteiger partial charge in [0.15, 0.2) is 0 Å². The van der Waals surface area contributed by atoms with Crippen LogP contribution in [0.3, 0.4) is 0 Å². The lowest BCUT2D eigenvalue weighted by Crippen LogP contribution is -2.10. The first kappa shape index (κ1) is 14.3. The fraction of sp³-hybridized carbons (Fsp3) is 0.0476. The molecule has 0 amide bonds. The molecule has 3 aromatic carbocycles. The highest BCUT2D eigenvalue weighted by molar-refractivity contribution is 9.10. The van der Waals surface area contributed by atoms with Crippen LogP contribution in [0.4, 0.5) is 0 Å². The van der Waals surface area contributed by atoms with Crippen LogP contribution in [0, 0.1) is 0 Å². The number of benzene rings is 3. The molecule has 1 unspecified atom stereocenters. The van der Waals surface area contributed by atoms with E-state index in [2.05, 4.69) is 70.5 Å². The van der Waals surface area contributed by atoms with Gasteiger partial charge in [-0.25, -0.2) is 0 Å². The molecule has 3 aromatic rings. The molecule has 0 radical (unpaired) electrons. The second kappa shape index (κ2) is 6.05. The molecule has 0 saturated carbocycles. The highest BCUT2D eigenvalue weighted by Gasteiger charge is 2.23. The maximum absolute atomic E-state index is 6.15. The minimum atomic E-state index is 0.188. The van der Waals surface area contributed by atoms with E-state index in [1.54, 1.807) is 0 Å². The van der Waals surface area contributed by atoms with Crippen molar-refractivity contribution >= 4 is 21.7 Å². The van der Waals surface area contributed by atoms with Gasteiger partial charge in [-0.15, -0.1) is 0 Å². The quantitative estimate of drug-likeness (QED) is 0.541. The molecule has 0 aromatic heterocycles. The Bertz CT molecular complexity index is 868. The molecule has 0 bridgehead atoms. The average Bonchev–Trinajstić information content (AvgIpc) is 2.61. The van der Waals surface area contributed by atoms with E-state index in [9.17, 15) is 0 Å². The number of para-hydroxylation sites is 1. The molecular weight excluding hydrogens is 348 g/mol. The zero-order chi connectivity index (χ0) is 15.6. The molecule has 0 aliphatic carbocycles. The highest BCUT2D eigenvalue weighted by Crippen LogP contribution is 2.41. The summed E-state index contributed by atoms with van der Waals surface area (Å²) in [5, 5.41) is 0. The molecule has 2 heteroatoms. The molecule has 23 heavy (non-hydrogen) atoms. The smallest absolute Gasteiger partial charge is 0.131 e. The average molecular weight is 363 g/mol. The molecule has 0 saturated heterocycles. The number of hydrogen-bond acceptors (Lipinski definition) is 1. The lowest BCUT2D eigenvalue weighted by molar-refractivity contribution is 0.492. The predicted octanol–water partition coefficient (Wildman–Crippen LogP) is 6.01. The van der Waals surface area contributed by atoms with Gasteiger partial charge < -0.3 is 4.74 Å². The van der Waals surface area contributed by atoms with Crippen LogP contribution in [0.15, 0.2) is 89.4 Å². The molecule has 1 atom stereocenters. The third kappa shape index (κ3) is 2.82. The Kier molecular flexibility index (Phi) is 3.76. The van der Waals surface area contributed by atoms with E-state index >= 15 is 0 Å². The fourth-order valence-electron chi connectivity index (χ4n) is 2.96. The number of ether oxygens (including phenoxy) is 1. The van der Waals surface area contributed by atoms with E-state index in [1.807, 2.05) is 30.3 Å². The van der Waals surface area contributed by atoms with E-state index in [1.165, 1.54) is 11.1 Å². The summed E-state index contributed by atoms with van der Waals surface area (Å²) in [5.74, 6) is 2.03. The molecule has 1 heterocycles. The van der Waals surface area contributed by atoms with Crippen LogP contribution in [0.2, 0.25) is 0 Å². The Morgan fingerprint density at radius 2 is 1.57 bits per heavy atom. The lowest BCUT2D eigenvalue weighted by atomic mass is 9.88. The molecule has 1 aliphatic rings. The summed E-state index contributed by atoms with van der Waals surface area (Å²) < 4.78 is 7.24. The third-order valence-corrected chi connectivity index (χ3v) is 4.55. The van der Waals surface area contributed by atoms with E-state index in [0.29, 0.717) is 0 Å². The second-order valence-corrected chi connectivity index (χ2v) is 6.49. The summed E-state index contributed by atoms with van der Waals surface area (Å²) in [7, 11) is 0. The normalized spacial score (nSPS) is 16.2. The van der Waals surface area contributed by atoms with Crippen molar-refractivity contribution in [1.29, 1.82) is 0 Å². The van der Waals surface area contributed by atoms with Crippen molar-refractivity contribution in [2.45, 2.75) is 5.92 Å². The third-order valence-electron chi connectivity index (χ3n) is 4.06. The van der Waals surface area contributed by atoms with Gasteiger partial charge in [0.25, 0.3) is 0 Å². The lowest BCUT2D eigenvalue weighted by Gasteiger charge is -2.25. The number of fused-ring (bicyclic) bond motifs is 1. The number of rotatable bonds is 2. The van der Waals surface area contributed by atoms with Crippen LogP contribution >= 0.6 is 15.9 Å². The van der Waals surface area contributed by atoms with Crippen LogP contribution in [0.5, 0.6) is 5.75 Å². The zero-order valence-corrected chi connectivity index (χ0v) is 14.0. The van der Waals surface area contributed by atoms with E-state index in [-0.39, 0.29) is 5.92 Å². The van der Waals surface area contributed by atoms with Gasteiger partial charge in [0.1, 0.15) is 11.5 Å². The molecule has 1 aliphatic heterocycles. The van der Waals surface area contributed by atoms with Crippen molar-refractivity contribution in [3.63, 3.8) is 0 Å². The standard InChI is InChI=1S/C21H15BrO/c22-17-10-6-9-16(13-17)19-14-21(15-7-2-1-3-8-15)23-20-12-5-4-11-18(19)20/h1-14,19H. The van der Waals surface area contributed by atoms with Gasteiger partial charge in [0.05, 0.1) is 0 Å². The van der Waals surface area contributed by atoms with Crippen molar-refractivity contribution in [3.8, 4) is 5.75 Å². The van der Waals surface area contributed by atoms with Gasteiger partial charge in [0.2, 0.25) is 0 Å². The molecule has 4 rings (SSSR count). The monoisotopic (exact) mass is 362 g/mol. The Labute approximate surface area is 144 Å². The Balaban J connectivity index is 1.86. The van der Waals surface area contributed by atoms with Gasteiger partial charge in [-0.2, -0.15) is 0 Å². The summed E-state index contributed by atoms with van der Waals surface area (Å²) in [5.41, 5.74) is 3.55. The Hall–Kier alpha value is -2.32. The van der Waals surface area contributed by atoms with Crippen LogP contribution in [0.1, 0.15) is 22.6 Å². The SMILES string of the molecule is Brc1cccc(C2C=C(c3ccccc3)Oc3ccccc32)c1. The number of hydrogen-bond donors (Lipinski definition) is 0. The van der Waals surface area contributed by atoms with E-state index in [0.717, 1.165) is 21.5 Å². The summed E-state index contributed by atoms with van der Waals surface area (Å²) in [6, 6.07) is 27.0. The second-order valence-electron chi connectivity index (χ2n) is 5.57. The first-order valence-electron chi connectivity index (χ1n) is 7.61.